The Morgan fingerprint density at radius 1 is 1.35 bits per heavy atom. The standard InChI is InChI=1S/C13H16BrN3/c1-8(15)12-5-4-11(6-13(12)14)17-7-16-9(2)10(17)3/h4-8H,15H2,1-3H3/t8-/m0/s1. The van der Waals surface area contributed by atoms with E-state index < -0.39 is 0 Å². The van der Waals surface area contributed by atoms with Gasteiger partial charge in [0.15, 0.2) is 0 Å². The van der Waals surface area contributed by atoms with E-state index >= 15 is 0 Å². The minimum absolute atomic E-state index is 0.0315. The van der Waals surface area contributed by atoms with Crippen molar-refractivity contribution < 1.29 is 0 Å². The monoisotopic (exact) mass is 293 g/mol. The summed E-state index contributed by atoms with van der Waals surface area (Å²) in [5, 5.41) is 0. The topological polar surface area (TPSA) is 43.8 Å². The van der Waals surface area contributed by atoms with Crippen molar-refractivity contribution in [2.24, 2.45) is 5.73 Å². The molecule has 0 spiro atoms. The van der Waals surface area contributed by atoms with Crippen LogP contribution in [0.1, 0.15) is 29.9 Å². The Kier molecular flexibility index (Phi) is 3.35. The molecule has 1 aromatic heterocycles. The molecule has 2 rings (SSSR count). The summed E-state index contributed by atoms with van der Waals surface area (Å²) < 4.78 is 3.11. The van der Waals surface area contributed by atoms with Crippen LogP contribution in [0, 0.1) is 13.8 Å². The zero-order chi connectivity index (χ0) is 12.6. The van der Waals surface area contributed by atoms with Crippen molar-refractivity contribution in [2.45, 2.75) is 26.8 Å². The van der Waals surface area contributed by atoms with Gasteiger partial charge in [-0.3, -0.25) is 0 Å². The van der Waals surface area contributed by atoms with Gasteiger partial charge >= 0.3 is 0 Å². The molecule has 4 heteroatoms. The highest BCUT2D eigenvalue weighted by Crippen LogP contribution is 2.25. The Bertz CT molecular complexity index is 544. The van der Waals surface area contributed by atoms with Crippen LogP contribution in [0.25, 0.3) is 5.69 Å². The zero-order valence-corrected chi connectivity index (χ0v) is 11.8. The van der Waals surface area contributed by atoms with Crippen molar-refractivity contribution in [2.75, 3.05) is 0 Å². The smallest absolute Gasteiger partial charge is 0.0997 e. The molecule has 2 aromatic rings. The molecule has 0 unspecified atom stereocenters. The second-order valence-electron chi connectivity index (χ2n) is 4.28. The number of aromatic nitrogens is 2. The molecule has 0 saturated carbocycles. The highest BCUT2D eigenvalue weighted by molar-refractivity contribution is 9.10. The fraction of sp³-hybridized carbons (Fsp3) is 0.308. The lowest BCUT2D eigenvalue weighted by Gasteiger charge is -2.11. The first-order valence-electron chi connectivity index (χ1n) is 5.56. The number of halogens is 1. The molecule has 90 valence electrons. The van der Waals surface area contributed by atoms with Gasteiger partial charge in [-0.15, -0.1) is 0 Å². The van der Waals surface area contributed by atoms with Crippen molar-refractivity contribution in [3.8, 4) is 5.69 Å². The number of aryl methyl sites for hydroxylation is 1. The molecular formula is C13H16BrN3. The number of nitrogens with two attached hydrogens (primary N) is 1. The van der Waals surface area contributed by atoms with Crippen LogP contribution in [-0.4, -0.2) is 9.55 Å². The number of imidazole rings is 1. The number of benzene rings is 1. The van der Waals surface area contributed by atoms with Gasteiger partial charge in [0.25, 0.3) is 0 Å². The Hall–Kier alpha value is -1.13. The largest absolute Gasteiger partial charge is 0.324 e. The highest BCUT2D eigenvalue weighted by Gasteiger charge is 2.08. The molecule has 1 atom stereocenters. The van der Waals surface area contributed by atoms with E-state index in [1.807, 2.05) is 20.2 Å². The lowest BCUT2D eigenvalue weighted by molar-refractivity contribution is 0.812. The molecule has 0 radical (unpaired) electrons. The van der Waals surface area contributed by atoms with Crippen LogP contribution in [0.3, 0.4) is 0 Å². The van der Waals surface area contributed by atoms with Crippen LogP contribution in [0.4, 0.5) is 0 Å². The third-order valence-electron chi connectivity index (χ3n) is 3.00. The summed E-state index contributed by atoms with van der Waals surface area (Å²) in [5.41, 5.74) is 10.3. The summed E-state index contributed by atoms with van der Waals surface area (Å²) >= 11 is 3.56. The molecule has 0 aliphatic heterocycles. The average molecular weight is 294 g/mol. The second-order valence-corrected chi connectivity index (χ2v) is 5.13. The SMILES string of the molecule is Cc1ncn(-c2ccc([C@H](C)N)c(Br)c2)c1C. The van der Waals surface area contributed by atoms with E-state index in [1.54, 1.807) is 0 Å². The van der Waals surface area contributed by atoms with E-state index in [0.29, 0.717) is 0 Å². The summed E-state index contributed by atoms with van der Waals surface area (Å²) in [6.07, 6.45) is 1.85. The van der Waals surface area contributed by atoms with Gasteiger partial charge in [0, 0.05) is 21.9 Å². The molecule has 2 N–H and O–H groups in total. The van der Waals surface area contributed by atoms with Gasteiger partial charge in [-0.25, -0.2) is 4.98 Å². The highest BCUT2D eigenvalue weighted by atomic mass is 79.9. The third kappa shape index (κ3) is 2.28. The second kappa shape index (κ2) is 4.63. The number of hydrogen-bond acceptors (Lipinski definition) is 2. The average Bonchev–Trinajstić information content (AvgIpc) is 2.59. The lowest BCUT2D eigenvalue weighted by atomic mass is 10.1. The maximum absolute atomic E-state index is 5.89. The molecule has 0 bridgehead atoms. The number of rotatable bonds is 2. The molecular weight excluding hydrogens is 278 g/mol. The van der Waals surface area contributed by atoms with Crippen LogP contribution in [-0.2, 0) is 0 Å². The molecule has 3 nitrogen and oxygen atoms in total. The molecule has 1 aromatic carbocycles. The quantitative estimate of drug-likeness (QED) is 0.923. The van der Waals surface area contributed by atoms with Crippen LogP contribution in [0.5, 0.6) is 0 Å². The van der Waals surface area contributed by atoms with E-state index in [0.717, 1.165) is 27.1 Å². The van der Waals surface area contributed by atoms with Crippen molar-refractivity contribution in [1.82, 2.24) is 9.55 Å². The van der Waals surface area contributed by atoms with Gasteiger partial charge in [-0.05, 0) is 38.5 Å². The van der Waals surface area contributed by atoms with Gasteiger partial charge in [0.05, 0.1) is 12.0 Å². The number of nitrogens with zero attached hydrogens (tertiary/aromatic N) is 2. The summed E-state index contributed by atoms with van der Waals surface area (Å²) in [6, 6.07) is 6.23. The number of hydrogen-bond donors (Lipinski definition) is 1. The summed E-state index contributed by atoms with van der Waals surface area (Å²) in [5.74, 6) is 0. The van der Waals surface area contributed by atoms with Crippen LogP contribution < -0.4 is 5.73 Å². The summed E-state index contributed by atoms with van der Waals surface area (Å²) in [6.45, 7) is 6.05. The van der Waals surface area contributed by atoms with Crippen molar-refractivity contribution in [3.05, 3.63) is 46.0 Å². The van der Waals surface area contributed by atoms with Crippen molar-refractivity contribution in [3.63, 3.8) is 0 Å². The minimum atomic E-state index is 0.0315. The van der Waals surface area contributed by atoms with E-state index in [2.05, 4.69) is 50.6 Å². The lowest BCUT2D eigenvalue weighted by Crippen LogP contribution is -2.06. The molecule has 0 aliphatic carbocycles. The van der Waals surface area contributed by atoms with E-state index in [1.165, 1.54) is 0 Å². The normalized spacial score (nSPS) is 12.8. The predicted molar refractivity (Wildman–Crippen MR) is 73.3 cm³/mol. The van der Waals surface area contributed by atoms with Crippen molar-refractivity contribution >= 4 is 15.9 Å². The Labute approximate surface area is 110 Å². The molecule has 0 saturated heterocycles. The van der Waals surface area contributed by atoms with Gasteiger partial charge < -0.3 is 10.3 Å². The van der Waals surface area contributed by atoms with E-state index in [-0.39, 0.29) is 6.04 Å². The fourth-order valence-corrected chi connectivity index (χ4v) is 2.52. The Morgan fingerprint density at radius 3 is 2.53 bits per heavy atom. The van der Waals surface area contributed by atoms with Gasteiger partial charge in [0.1, 0.15) is 0 Å². The van der Waals surface area contributed by atoms with E-state index in [4.69, 9.17) is 5.73 Å². The van der Waals surface area contributed by atoms with Crippen molar-refractivity contribution in [1.29, 1.82) is 0 Å². The third-order valence-corrected chi connectivity index (χ3v) is 3.69. The van der Waals surface area contributed by atoms with Crippen LogP contribution in [0.15, 0.2) is 29.0 Å². The van der Waals surface area contributed by atoms with Crippen LogP contribution >= 0.6 is 15.9 Å². The first kappa shape index (κ1) is 12.3. The molecule has 1 heterocycles. The fourth-order valence-electron chi connectivity index (χ4n) is 1.79. The first-order chi connectivity index (χ1) is 8.00. The minimum Gasteiger partial charge on any atom is -0.324 e. The maximum Gasteiger partial charge on any atom is 0.0997 e. The van der Waals surface area contributed by atoms with Gasteiger partial charge in [-0.2, -0.15) is 0 Å². The Morgan fingerprint density at radius 2 is 2.06 bits per heavy atom. The summed E-state index contributed by atoms with van der Waals surface area (Å²) in [4.78, 5) is 4.30. The van der Waals surface area contributed by atoms with Gasteiger partial charge in [0.2, 0.25) is 0 Å². The van der Waals surface area contributed by atoms with Gasteiger partial charge in [-0.1, -0.05) is 22.0 Å². The first-order valence-corrected chi connectivity index (χ1v) is 6.36. The molecule has 0 fully saturated rings. The van der Waals surface area contributed by atoms with E-state index in [9.17, 15) is 0 Å². The molecule has 17 heavy (non-hydrogen) atoms. The predicted octanol–water partition coefficient (Wildman–Crippen LogP) is 3.27. The maximum atomic E-state index is 5.89. The zero-order valence-electron chi connectivity index (χ0n) is 10.2. The molecule has 0 amide bonds. The van der Waals surface area contributed by atoms with Crippen LogP contribution in [0.2, 0.25) is 0 Å². The molecule has 0 aliphatic rings. The summed E-state index contributed by atoms with van der Waals surface area (Å²) in [7, 11) is 0. The Balaban J connectivity index is 2.48.